The lowest BCUT2D eigenvalue weighted by Gasteiger charge is -2.21. The molecule has 0 fully saturated rings. The maximum absolute atomic E-state index is 13.2. The largest absolute Gasteiger partial charge is 0.447 e. The Hall–Kier alpha value is -2.99. The van der Waals surface area contributed by atoms with Gasteiger partial charge in [-0.05, 0) is 30.2 Å². The summed E-state index contributed by atoms with van der Waals surface area (Å²) in [5.74, 6) is 0.0609. The third-order valence-electron chi connectivity index (χ3n) is 4.52. The molecule has 0 aliphatic heterocycles. The Morgan fingerprint density at radius 1 is 1.00 bits per heavy atom. The first-order valence-electron chi connectivity index (χ1n) is 9.25. The van der Waals surface area contributed by atoms with Crippen LogP contribution >= 0.6 is 0 Å². The van der Waals surface area contributed by atoms with Gasteiger partial charge in [0.1, 0.15) is 12.1 Å². The SMILES string of the molecule is CCN(C)C(=O)c1coc(CN(Cc2ccccc2)Cc2ccc(F)cc2)n1. The molecular formula is C22H24FN3O2. The van der Waals surface area contributed by atoms with Crippen molar-refractivity contribution < 1.29 is 13.6 Å². The number of carbonyl (C=O) groups excluding carboxylic acids is 1. The van der Waals surface area contributed by atoms with E-state index in [2.05, 4.69) is 22.0 Å². The number of oxazole rings is 1. The van der Waals surface area contributed by atoms with Gasteiger partial charge in [-0.3, -0.25) is 9.69 Å². The number of benzene rings is 2. The molecule has 6 heteroatoms. The Morgan fingerprint density at radius 3 is 2.29 bits per heavy atom. The summed E-state index contributed by atoms with van der Waals surface area (Å²) < 4.78 is 18.8. The average Bonchev–Trinajstić information content (AvgIpc) is 3.17. The third-order valence-corrected chi connectivity index (χ3v) is 4.52. The molecule has 5 nitrogen and oxygen atoms in total. The quantitative estimate of drug-likeness (QED) is 0.589. The minimum Gasteiger partial charge on any atom is -0.447 e. The van der Waals surface area contributed by atoms with E-state index in [0.29, 0.717) is 37.8 Å². The lowest BCUT2D eigenvalue weighted by atomic mass is 10.1. The minimum absolute atomic E-state index is 0.161. The standard InChI is InChI=1S/C22H24FN3O2/c1-3-25(2)22(27)20-16-28-21(24-20)15-26(13-17-7-5-4-6-8-17)14-18-9-11-19(23)12-10-18/h4-12,16H,3,13-15H2,1-2H3. The van der Waals surface area contributed by atoms with Gasteiger partial charge in [-0.25, -0.2) is 9.37 Å². The summed E-state index contributed by atoms with van der Waals surface area (Å²) in [6.45, 7) is 4.23. The van der Waals surface area contributed by atoms with Crippen molar-refractivity contribution in [1.29, 1.82) is 0 Å². The van der Waals surface area contributed by atoms with Gasteiger partial charge in [0.25, 0.3) is 5.91 Å². The van der Waals surface area contributed by atoms with Gasteiger partial charge in [0.2, 0.25) is 5.89 Å². The van der Waals surface area contributed by atoms with Crippen LogP contribution in [0, 0.1) is 5.82 Å². The molecule has 2 aromatic carbocycles. The van der Waals surface area contributed by atoms with Crippen LogP contribution in [0.25, 0.3) is 0 Å². The van der Waals surface area contributed by atoms with Crippen molar-refractivity contribution in [3.05, 3.63) is 89.4 Å². The van der Waals surface area contributed by atoms with Crippen molar-refractivity contribution in [3.8, 4) is 0 Å². The van der Waals surface area contributed by atoms with E-state index in [1.807, 2.05) is 25.1 Å². The zero-order valence-electron chi connectivity index (χ0n) is 16.1. The molecule has 0 radical (unpaired) electrons. The minimum atomic E-state index is -0.255. The number of halogens is 1. The Bertz CT molecular complexity index is 894. The summed E-state index contributed by atoms with van der Waals surface area (Å²) >= 11 is 0. The van der Waals surface area contributed by atoms with Gasteiger partial charge in [-0.15, -0.1) is 0 Å². The van der Waals surface area contributed by atoms with Crippen molar-refractivity contribution in [1.82, 2.24) is 14.8 Å². The molecule has 0 unspecified atom stereocenters. The highest BCUT2D eigenvalue weighted by Gasteiger charge is 2.17. The van der Waals surface area contributed by atoms with Crippen LogP contribution in [0.4, 0.5) is 4.39 Å². The molecule has 0 aliphatic rings. The maximum atomic E-state index is 13.2. The fraction of sp³-hybridized carbons (Fsp3) is 0.273. The molecule has 0 N–H and O–H groups in total. The molecule has 0 spiro atoms. The highest BCUT2D eigenvalue weighted by atomic mass is 19.1. The normalized spacial score (nSPS) is 11.0. The molecule has 1 amide bonds. The number of carbonyl (C=O) groups is 1. The van der Waals surface area contributed by atoms with E-state index in [4.69, 9.17) is 4.42 Å². The topological polar surface area (TPSA) is 49.6 Å². The van der Waals surface area contributed by atoms with Gasteiger partial charge in [-0.1, -0.05) is 42.5 Å². The second kappa shape index (κ2) is 9.28. The summed E-state index contributed by atoms with van der Waals surface area (Å²) in [5, 5.41) is 0. The van der Waals surface area contributed by atoms with Crippen LogP contribution in [0.1, 0.15) is 34.4 Å². The van der Waals surface area contributed by atoms with Crippen molar-refractivity contribution in [2.75, 3.05) is 13.6 Å². The van der Waals surface area contributed by atoms with Gasteiger partial charge < -0.3 is 9.32 Å². The highest BCUT2D eigenvalue weighted by Crippen LogP contribution is 2.15. The van der Waals surface area contributed by atoms with Crippen LogP contribution in [0.2, 0.25) is 0 Å². The fourth-order valence-electron chi connectivity index (χ4n) is 2.87. The Labute approximate surface area is 164 Å². The second-order valence-corrected chi connectivity index (χ2v) is 6.70. The number of hydrogen-bond acceptors (Lipinski definition) is 4. The molecular weight excluding hydrogens is 357 g/mol. The molecule has 1 heterocycles. The number of amides is 1. The lowest BCUT2D eigenvalue weighted by molar-refractivity contribution is 0.0796. The molecule has 0 aliphatic carbocycles. The van der Waals surface area contributed by atoms with Crippen LogP contribution in [0.3, 0.4) is 0 Å². The van der Waals surface area contributed by atoms with E-state index in [0.717, 1.165) is 11.1 Å². The maximum Gasteiger partial charge on any atom is 0.275 e. The van der Waals surface area contributed by atoms with E-state index in [9.17, 15) is 9.18 Å². The summed E-state index contributed by atoms with van der Waals surface area (Å²) in [6, 6.07) is 16.5. The molecule has 3 aromatic rings. The molecule has 146 valence electrons. The van der Waals surface area contributed by atoms with Gasteiger partial charge >= 0.3 is 0 Å². The molecule has 1 aromatic heterocycles. The summed E-state index contributed by atoms with van der Waals surface area (Å²) in [4.78, 5) is 20.3. The van der Waals surface area contributed by atoms with Crippen molar-refractivity contribution >= 4 is 5.91 Å². The Balaban J connectivity index is 1.75. The van der Waals surface area contributed by atoms with E-state index in [-0.39, 0.29) is 11.7 Å². The second-order valence-electron chi connectivity index (χ2n) is 6.70. The van der Waals surface area contributed by atoms with E-state index in [1.54, 1.807) is 24.1 Å². The number of aromatic nitrogens is 1. The molecule has 3 rings (SSSR count). The van der Waals surface area contributed by atoms with Gasteiger partial charge in [0.15, 0.2) is 5.69 Å². The number of rotatable bonds is 8. The van der Waals surface area contributed by atoms with Gasteiger partial charge in [-0.2, -0.15) is 0 Å². The molecule has 0 atom stereocenters. The van der Waals surface area contributed by atoms with E-state index in [1.165, 1.54) is 18.4 Å². The fourth-order valence-corrected chi connectivity index (χ4v) is 2.87. The summed E-state index contributed by atoms with van der Waals surface area (Å²) in [5.41, 5.74) is 2.45. The first-order valence-corrected chi connectivity index (χ1v) is 9.25. The lowest BCUT2D eigenvalue weighted by Crippen LogP contribution is -2.26. The zero-order chi connectivity index (χ0) is 19.9. The zero-order valence-corrected chi connectivity index (χ0v) is 16.1. The first-order chi connectivity index (χ1) is 13.5. The predicted octanol–water partition coefficient (Wildman–Crippen LogP) is 4.11. The smallest absolute Gasteiger partial charge is 0.275 e. The van der Waals surface area contributed by atoms with Crippen LogP contribution in [-0.4, -0.2) is 34.3 Å². The molecule has 0 bridgehead atoms. The first kappa shape index (κ1) is 19.8. The molecule has 0 saturated carbocycles. The van der Waals surface area contributed by atoms with Crippen molar-refractivity contribution in [3.63, 3.8) is 0 Å². The van der Waals surface area contributed by atoms with Crippen LogP contribution in [0.15, 0.2) is 65.3 Å². The highest BCUT2D eigenvalue weighted by molar-refractivity contribution is 5.91. The van der Waals surface area contributed by atoms with Gasteiger partial charge in [0.05, 0.1) is 6.54 Å². The summed E-state index contributed by atoms with van der Waals surface area (Å²) in [7, 11) is 1.73. The summed E-state index contributed by atoms with van der Waals surface area (Å²) in [6.07, 6.45) is 1.41. The molecule has 0 saturated heterocycles. The van der Waals surface area contributed by atoms with Crippen LogP contribution < -0.4 is 0 Å². The van der Waals surface area contributed by atoms with Crippen LogP contribution in [-0.2, 0) is 19.6 Å². The van der Waals surface area contributed by atoms with Crippen molar-refractivity contribution in [2.24, 2.45) is 0 Å². The van der Waals surface area contributed by atoms with Crippen molar-refractivity contribution in [2.45, 2.75) is 26.6 Å². The molecule has 28 heavy (non-hydrogen) atoms. The Kier molecular flexibility index (Phi) is 6.55. The average molecular weight is 381 g/mol. The number of nitrogens with zero attached hydrogens (tertiary/aromatic N) is 3. The monoisotopic (exact) mass is 381 g/mol. The predicted molar refractivity (Wildman–Crippen MR) is 105 cm³/mol. The third kappa shape index (κ3) is 5.27. The van der Waals surface area contributed by atoms with E-state index < -0.39 is 0 Å². The van der Waals surface area contributed by atoms with E-state index >= 15 is 0 Å². The number of hydrogen-bond donors (Lipinski definition) is 0. The van der Waals surface area contributed by atoms with Gasteiger partial charge in [0, 0.05) is 26.7 Å². The van der Waals surface area contributed by atoms with Crippen LogP contribution in [0.5, 0.6) is 0 Å². The Morgan fingerprint density at radius 2 is 1.64 bits per heavy atom.